The molecule has 2 saturated heterocycles. The Morgan fingerprint density at radius 3 is 2.77 bits per heavy atom. The number of likely N-dealkylation sites (tertiary alicyclic amines) is 1. The van der Waals surface area contributed by atoms with Crippen LogP contribution in [0.3, 0.4) is 0 Å². The fourth-order valence-corrected chi connectivity index (χ4v) is 3.04. The van der Waals surface area contributed by atoms with Gasteiger partial charge in [0, 0.05) is 43.9 Å². The van der Waals surface area contributed by atoms with Crippen LogP contribution in [0.15, 0.2) is 18.5 Å². The molecule has 1 aromatic rings. The molecule has 1 aromatic heterocycles. The Morgan fingerprint density at radius 1 is 1.36 bits per heavy atom. The smallest absolute Gasteiger partial charge is 0.355 e. The van der Waals surface area contributed by atoms with Crippen LogP contribution in [0.25, 0.3) is 0 Å². The van der Waals surface area contributed by atoms with E-state index in [0.717, 1.165) is 12.3 Å². The molecular formula is C14H14F3N3O2. The van der Waals surface area contributed by atoms with Crippen LogP contribution in [-0.4, -0.2) is 41.3 Å². The first kappa shape index (κ1) is 14.8. The van der Waals surface area contributed by atoms with Crippen molar-refractivity contribution in [3.63, 3.8) is 0 Å². The molecule has 0 aromatic carbocycles. The normalized spacial score (nSPS) is 24.9. The predicted molar refractivity (Wildman–Crippen MR) is 69.8 cm³/mol. The van der Waals surface area contributed by atoms with E-state index in [4.69, 9.17) is 0 Å². The second-order valence-electron chi connectivity index (χ2n) is 5.89. The van der Waals surface area contributed by atoms with Gasteiger partial charge < -0.3 is 10.2 Å². The lowest BCUT2D eigenvalue weighted by molar-refractivity contribution is -0.137. The third-order valence-corrected chi connectivity index (χ3v) is 4.23. The lowest BCUT2D eigenvalue weighted by Gasteiger charge is -2.22. The zero-order valence-corrected chi connectivity index (χ0v) is 11.6. The molecule has 0 saturated carbocycles. The lowest BCUT2D eigenvalue weighted by Crippen LogP contribution is -2.33. The van der Waals surface area contributed by atoms with Crippen molar-refractivity contribution < 1.29 is 22.8 Å². The van der Waals surface area contributed by atoms with E-state index >= 15 is 0 Å². The highest BCUT2D eigenvalue weighted by Gasteiger charge is 2.45. The first-order valence-corrected chi connectivity index (χ1v) is 6.87. The van der Waals surface area contributed by atoms with Crippen molar-refractivity contribution in [1.29, 1.82) is 0 Å². The molecule has 2 amide bonds. The van der Waals surface area contributed by atoms with Gasteiger partial charge in [-0.05, 0) is 12.5 Å². The van der Waals surface area contributed by atoms with Crippen LogP contribution < -0.4 is 5.32 Å². The van der Waals surface area contributed by atoms with Crippen molar-refractivity contribution >= 4 is 11.8 Å². The summed E-state index contributed by atoms with van der Waals surface area (Å²) in [7, 11) is 0. The van der Waals surface area contributed by atoms with Crippen molar-refractivity contribution in [2.24, 2.45) is 5.41 Å². The third-order valence-electron chi connectivity index (χ3n) is 4.23. The van der Waals surface area contributed by atoms with Crippen molar-refractivity contribution in [1.82, 2.24) is 15.2 Å². The number of amides is 2. The fraction of sp³-hybridized carbons (Fsp3) is 0.500. The highest BCUT2D eigenvalue weighted by Crippen LogP contribution is 2.37. The number of nitrogens with zero attached hydrogens (tertiary/aromatic N) is 2. The maximum absolute atomic E-state index is 12.7. The number of halogens is 3. The monoisotopic (exact) mass is 313 g/mol. The molecule has 3 heterocycles. The van der Waals surface area contributed by atoms with Crippen LogP contribution in [0.5, 0.6) is 0 Å². The minimum absolute atomic E-state index is 0.0463. The minimum atomic E-state index is -4.53. The number of carbonyl (C=O) groups excluding carboxylic acids is 2. The van der Waals surface area contributed by atoms with E-state index in [-0.39, 0.29) is 16.9 Å². The first-order chi connectivity index (χ1) is 10.3. The number of nitrogens with one attached hydrogen (secondary N) is 1. The molecule has 1 N–H and O–H groups in total. The molecule has 1 spiro atoms. The second-order valence-corrected chi connectivity index (χ2v) is 5.89. The quantitative estimate of drug-likeness (QED) is 0.853. The van der Waals surface area contributed by atoms with Crippen LogP contribution in [-0.2, 0) is 11.0 Å². The average molecular weight is 313 g/mol. The Morgan fingerprint density at radius 2 is 2.14 bits per heavy atom. The van der Waals surface area contributed by atoms with Crippen LogP contribution >= 0.6 is 0 Å². The summed E-state index contributed by atoms with van der Waals surface area (Å²) in [5, 5.41) is 2.74. The number of carbonyl (C=O) groups is 2. The Balaban J connectivity index is 1.77. The summed E-state index contributed by atoms with van der Waals surface area (Å²) in [6.07, 6.45) is -1.67. The maximum atomic E-state index is 12.7. The van der Waals surface area contributed by atoms with Crippen LogP contribution in [0.2, 0.25) is 0 Å². The maximum Gasteiger partial charge on any atom is 0.417 e. The zero-order chi connectivity index (χ0) is 16.0. The molecule has 0 aliphatic carbocycles. The summed E-state index contributed by atoms with van der Waals surface area (Å²) in [5.74, 6) is -0.523. The molecule has 118 valence electrons. The van der Waals surface area contributed by atoms with E-state index in [1.807, 2.05) is 0 Å². The Kier molecular flexibility index (Phi) is 3.34. The fourth-order valence-electron chi connectivity index (χ4n) is 3.04. The van der Waals surface area contributed by atoms with E-state index in [0.29, 0.717) is 38.7 Å². The molecule has 1 unspecified atom stereocenters. The van der Waals surface area contributed by atoms with Crippen LogP contribution in [0.4, 0.5) is 13.2 Å². The summed E-state index contributed by atoms with van der Waals surface area (Å²) in [6.45, 7) is 1.32. The van der Waals surface area contributed by atoms with Gasteiger partial charge in [0.2, 0.25) is 5.91 Å². The Labute approximate surface area is 124 Å². The number of hydrogen-bond donors (Lipinski definition) is 1. The second kappa shape index (κ2) is 4.96. The van der Waals surface area contributed by atoms with Gasteiger partial charge in [-0.15, -0.1) is 0 Å². The number of alkyl halides is 3. The van der Waals surface area contributed by atoms with Crippen LogP contribution in [0, 0.1) is 5.41 Å². The van der Waals surface area contributed by atoms with Gasteiger partial charge in [0.1, 0.15) is 0 Å². The van der Waals surface area contributed by atoms with E-state index in [1.165, 1.54) is 4.90 Å². The molecule has 3 rings (SSSR count). The van der Waals surface area contributed by atoms with Crippen molar-refractivity contribution in [2.75, 3.05) is 19.6 Å². The van der Waals surface area contributed by atoms with Crippen molar-refractivity contribution in [2.45, 2.75) is 19.0 Å². The number of hydrogen-bond acceptors (Lipinski definition) is 3. The molecule has 2 aliphatic rings. The van der Waals surface area contributed by atoms with Gasteiger partial charge in [-0.3, -0.25) is 14.6 Å². The largest absolute Gasteiger partial charge is 0.417 e. The molecule has 22 heavy (non-hydrogen) atoms. The number of aromatic nitrogens is 1. The molecular weight excluding hydrogens is 299 g/mol. The molecule has 2 fully saturated rings. The van der Waals surface area contributed by atoms with Crippen LogP contribution in [0.1, 0.15) is 28.8 Å². The molecule has 0 bridgehead atoms. The van der Waals surface area contributed by atoms with Gasteiger partial charge >= 0.3 is 6.18 Å². The molecule has 8 heteroatoms. The number of rotatable bonds is 1. The van der Waals surface area contributed by atoms with E-state index in [2.05, 4.69) is 10.3 Å². The van der Waals surface area contributed by atoms with E-state index in [1.54, 1.807) is 0 Å². The topological polar surface area (TPSA) is 62.3 Å². The molecule has 5 nitrogen and oxygen atoms in total. The molecule has 0 radical (unpaired) electrons. The summed E-state index contributed by atoms with van der Waals surface area (Å²) in [6, 6.07) is 0.818. The average Bonchev–Trinajstić information content (AvgIpc) is 3.04. The summed E-state index contributed by atoms with van der Waals surface area (Å²) in [5.41, 5.74) is -1.30. The molecule has 1 atom stereocenters. The van der Waals surface area contributed by atoms with Gasteiger partial charge in [-0.2, -0.15) is 13.2 Å². The predicted octanol–water partition coefficient (Wildman–Crippen LogP) is 1.45. The summed E-state index contributed by atoms with van der Waals surface area (Å²) < 4.78 is 38.0. The number of pyridine rings is 1. The van der Waals surface area contributed by atoms with Gasteiger partial charge in [0.05, 0.1) is 11.1 Å². The minimum Gasteiger partial charge on any atom is -0.355 e. The van der Waals surface area contributed by atoms with Crippen molar-refractivity contribution in [3.05, 3.63) is 29.6 Å². The SMILES string of the molecule is O=C1CC2(CCN(C(=O)c3cncc(C(F)(F)F)c3)C2)CN1. The van der Waals surface area contributed by atoms with Gasteiger partial charge in [0.25, 0.3) is 5.91 Å². The van der Waals surface area contributed by atoms with E-state index < -0.39 is 17.6 Å². The standard InChI is InChI=1S/C14H14F3N3O2/c15-14(16,17)10-3-9(5-18-6-10)12(22)20-2-1-13(8-20)4-11(21)19-7-13/h3,5-6H,1-2,4,7-8H2,(H,19,21). The van der Waals surface area contributed by atoms with Gasteiger partial charge in [-0.25, -0.2) is 0 Å². The van der Waals surface area contributed by atoms with Crippen molar-refractivity contribution in [3.8, 4) is 0 Å². The first-order valence-electron chi connectivity index (χ1n) is 6.87. The summed E-state index contributed by atoms with van der Waals surface area (Å²) in [4.78, 5) is 28.7. The third kappa shape index (κ3) is 2.65. The van der Waals surface area contributed by atoms with E-state index in [9.17, 15) is 22.8 Å². The van der Waals surface area contributed by atoms with Gasteiger partial charge in [0.15, 0.2) is 0 Å². The zero-order valence-electron chi connectivity index (χ0n) is 11.6. The Hall–Kier alpha value is -2.12. The highest BCUT2D eigenvalue weighted by molar-refractivity contribution is 5.94. The Bertz CT molecular complexity index is 632. The lowest BCUT2D eigenvalue weighted by atomic mass is 9.86. The summed E-state index contributed by atoms with van der Waals surface area (Å²) >= 11 is 0. The van der Waals surface area contributed by atoms with Gasteiger partial charge in [-0.1, -0.05) is 0 Å². The molecule has 2 aliphatic heterocycles. The highest BCUT2D eigenvalue weighted by atomic mass is 19.4.